The van der Waals surface area contributed by atoms with E-state index < -0.39 is 78.7 Å². The first-order chi connectivity index (χ1) is 30.0. The maximum atomic E-state index is 15.4. The van der Waals surface area contributed by atoms with Gasteiger partial charge in [-0.05, 0) is 47.0 Å². The van der Waals surface area contributed by atoms with E-state index in [9.17, 15) is 45.2 Å². The van der Waals surface area contributed by atoms with Gasteiger partial charge in [-0.1, -0.05) is 79.8 Å². The molecule has 0 aliphatic carbocycles. The number of carbonyl (C=O) groups excluding carboxylic acids is 3. The van der Waals surface area contributed by atoms with Gasteiger partial charge in [0.25, 0.3) is 17.5 Å². The molecule has 2 saturated heterocycles. The number of benzene rings is 4. The Kier molecular flexibility index (Phi) is 13.2. The van der Waals surface area contributed by atoms with Gasteiger partial charge in [0.1, 0.15) is 24.1 Å². The second kappa shape index (κ2) is 18.3. The molecule has 4 aromatic rings. The lowest BCUT2D eigenvalue weighted by Gasteiger charge is -2.37. The van der Waals surface area contributed by atoms with Crippen molar-refractivity contribution in [2.45, 2.75) is 87.5 Å². The number of amides is 3. The van der Waals surface area contributed by atoms with Crippen LogP contribution < -0.4 is 20.1 Å². The summed E-state index contributed by atoms with van der Waals surface area (Å²) in [5.74, 6) is -1.65. The summed E-state index contributed by atoms with van der Waals surface area (Å²) in [5, 5.41) is 66.3. The van der Waals surface area contributed by atoms with Crippen LogP contribution in [0.3, 0.4) is 0 Å². The van der Waals surface area contributed by atoms with Crippen LogP contribution in [0.25, 0.3) is 0 Å². The molecule has 18 heteroatoms. The van der Waals surface area contributed by atoms with Gasteiger partial charge in [0.05, 0.1) is 51.5 Å². The van der Waals surface area contributed by atoms with Crippen molar-refractivity contribution in [3.63, 3.8) is 0 Å². The lowest BCUT2D eigenvalue weighted by atomic mass is 9.82. The van der Waals surface area contributed by atoms with Gasteiger partial charge in [0.2, 0.25) is 5.91 Å². The predicted molar refractivity (Wildman–Crippen MR) is 231 cm³/mol. The van der Waals surface area contributed by atoms with Crippen LogP contribution in [0.15, 0.2) is 97.1 Å². The number of aliphatic hydroxyl groups excluding tert-OH is 5. The SMILES string of the molecule is COc1ccc([Si](C)(C)[C@H]2[C@H](CC(=O)N(CCO)Cc3ccccc3)O[C@@]3(C(=O)N(Cc4cccc(NC(=O)[C@H]5O[C@@H](O)[C@H](O)[C@@H](O)[C@@H]5O)c4)c4ccc([N+](=O)[O-])cc43)[C@@H]2C)cc1. The topological polar surface area (TPSA) is 242 Å². The zero-order chi connectivity index (χ0) is 45.4. The molecule has 3 aliphatic rings. The number of hydrogen-bond donors (Lipinski definition) is 6. The maximum absolute atomic E-state index is 15.4. The molecule has 63 heavy (non-hydrogen) atoms. The summed E-state index contributed by atoms with van der Waals surface area (Å²) in [5.41, 5.74) is -0.152. The summed E-state index contributed by atoms with van der Waals surface area (Å²) in [7, 11) is -1.18. The number of fused-ring (bicyclic) bond motifs is 2. The van der Waals surface area contributed by atoms with Gasteiger partial charge in [-0.3, -0.25) is 24.5 Å². The van der Waals surface area contributed by atoms with Crippen molar-refractivity contribution >= 4 is 48.0 Å². The van der Waals surface area contributed by atoms with E-state index in [4.69, 9.17) is 14.2 Å². The largest absolute Gasteiger partial charge is 0.497 e. The Hall–Kier alpha value is -5.57. The zero-order valence-corrected chi connectivity index (χ0v) is 36.2. The van der Waals surface area contributed by atoms with Gasteiger partial charge < -0.3 is 54.9 Å². The molecule has 7 rings (SSSR count). The molecule has 3 amide bonds. The Balaban J connectivity index is 1.25. The number of rotatable bonds is 14. The monoisotopic (exact) mass is 884 g/mol. The fraction of sp³-hybridized carbons (Fsp3) is 0.400. The summed E-state index contributed by atoms with van der Waals surface area (Å²) in [6.07, 6.45) is -10.1. The van der Waals surface area contributed by atoms with Crippen molar-refractivity contribution in [2.75, 3.05) is 30.5 Å². The average molecular weight is 885 g/mol. The van der Waals surface area contributed by atoms with E-state index in [2.05, 4.69) is 18.4 Å². The first-order valence-electron chi connectivity index (χ1n) is 20.6. The van der Waals surface area contributed by atoms with E-state index >= 15 is 4.79 Å². The van der Waals surface area contributed by atoms with Gasteiger partial charge in [-0.15, -0.1) is 0 Å². The van der Waals surface area contributed by atoms with Crippen molar-refractivity contribution in [2.24, 2.45) is 5.92 Å². The fourth-order valence-electron chi connectivity index (χ4n) is 9.51. The lowest BCUT2D eigenvalue weighted by molar-refractivity contribution is -0.385. The summed E-state index contributed by atoms with van der Waals surface area (Å²) in [6, 6.07) is 27.7. The Morgan fingerprint density at radius 3 is 2.30 bits per heavy atom. The van der Waals surface area contributed by atoms with Crippen LogP contribution in [0.4, 0.5) is 17.1 Å². The number of nitrogens with one attached hydrogen (secondary N) is 1. The number of nitro groups is 1. The first-order valence-corrected chi connectivity index (χ1v) is 23.7. The van der Waals surface area contributed by atoms with Crippen molar-refractivity contribution in [3.8, 4) is 5.75 Å². The molecule has 0 unspecified atom stereocenters. The van der Waals surface area contributed by atoms with Crippen molar-refractivity contribution in [1.29, 1.82) is 0 Å². The third-order valence-corrected chi connectivity index (χ3v) is 17.1. The van der Waals surface area contributed by atoms with E-state index in [0.717, 1.165) is 10.8 Å². The van der Waals surface area contributed by atoms with Crippen LogP contribution >= 0.6 is 0 Å². The van der Waals surface area contributed by atoms with Crippen molar-refractivity contribution < 1.29 is 59.1 Å². The molecule has 2 fully saturated rings. The third-order valence-electron chi connectivity index (χ3n) is 12.7. The highest BCUT2D eigenvalue weighted by atomic mass is 28.3. The molecule has 4 aromatic carbocycles. The normalized spacial score (nSPS) is 26.7. The van der Waals surface area contributed by atoms with E-state index in [-0.39, 0.29) is 55.5 Å². The van der Waals surface area contributed by atoms with Gasteiger partial charge in [-0.25, -0.2) is 0 Å². The minimum atomic E-state index is -2.75. The highest BCUT2D eigenvalue weighted by Gasteiger charge is 2.67. The first kappa shape index (κ1) is 45.5. The van der Waals surface area contributed by atoms with Gasteiger partial charge >= 0.3 is 0 Å². The molecule has 9 atom stereocenters. The Labute approximate surface area is 364 Å². The molecule has 0 saturated carbocycles. The van der Waals surface area contributed by atoms with Crippen LogP contribution in [-0.4, -0.2) is 118 Å². The number of nitro benzene ring substituents is 1. The lowest BCUT2D eigenvalue weighted by Crippen LogP contribution is -2.60. The van der Waals surface area contributed by atoms with E-state index in [1.165, 1.54) is 23.1 Å². The second-order valence-electron chi connectivity index (χ2n) is 16.8. The minimum absolute atomic E-state index is 0.0632. The van der Waals surface area contributed by atoms with Gasteiger partial charge in [0.15, 0.2) is 18.0 Å². The smallest absolute Gasteiger partial charge is 0.269 e. The summed E-state index contributed by atoms with van der Waals surface area (Å²) >= 11 is 0. The molecule has 0 radical (unpaired) electrons. The van der Waals surface area contributed by atoms with E-state index in [1.54, 1.807) is 36.3 Å². The van der Waals surface area contributed by atoms with Crippen LogP contribution in [0, 0.1) is 16.0 Å². The zero-order valence-electron chi connectivity index (χ0n) is 35.2. The van der Waals surface area contributed by atoms with Crippen molar-refractivity contribution in [3.05, 3.63) is 124 Å². The Morgan fingerprint density at radius 2 is 1.63 bits per heavy atom. The highest BCUT2D eigenvalue weighted by Crippen LogP contribution is 2.60. The summed E-state index contributed by atoms with van der Waals surface area (Å²) < 4.78 is 17.6. The summed E-state index contributed by atoms with van der Waals surface area (Å²) in [6.45, 7) is 6.15. The fourth-order valence-corrected chi connectivity index (χ4v) is 13.5. The van der Waals surface area contributed by atoms with Gasteiger partial charge in [-0.2, -0.15) is 0 Å². The molecule has 1 spiro atoms. The van der Waals surface area contributed by atoms with Crippen LogP contribution in [0.1, 0.15) is 30.0 Å². The van der Waals surface area contributed by atoms with E-state index in [0.29, 0.717) is 17.0 Å². The van der Waals surface area contributed by atoms with Gasteiger partial charge in [0, 0.05) is 42.4 Å². The molecule has 0 aromatic heterocycles. The number of nitrogens with zero attached hydrogens (tertiary/aromatic N) is 3. The number of carbonyl (C=O) groups is 3. The maximum Gasteiger partial charge on any atom is 0.269 e. The van der Waals surface area contributed by atoms with Crippen LogP contribution in [-0.2, 0) is 42.5 Å². The number of methoxy groups -OCH3 is 1. The number of anilines is 2. The molecule has 334 valence electrons. The highest BCUT2D eigenvalue weighted by molar-refractivity contribution is 6.91. The average Bonchev–Trinajstić information content (AvgIpc) is 3.69. The van der Waals surface area contributed by atoms with Crippen LogP contribution in [0.2, 0.25) is 18.6 Å². The van der Waals surface area contributed by atoms with Crippen LogP contribution in [0.5, 0.6) is 5.75 Å². The molecular formula is C45H52N4O13Si. The second-order valence-corrected chi connectivity index (χ2v) is 21.5. The standard InChI is InChI=1S/C45H52N4O13Si/c1-26-41(63(3,4)32-16-14-31(60-2)15-17-32)35(23-36(51)47(19-20-50)24-27-9-6-5-7-10-27)62-45(26)33-22-30(49(58)59)13-18-34(33)48(44(45)57)25-28-11-8-12-29(21-28)46-42(55)40-38(53)37(52)39(54)43(56)61-40/h5-18,21-22,26,35,37-41,43,50,52-54,56H,19-20,23-25H2,1-4H3,(H,46,55)/t26-,35+,37+,38+,39-,40+,41-,43-,45+/m1/s1. The molecule has 3 heterocycles. The predicted octanol–water partition coefficient (Wildman–Crippen LogP) is 2.52. The minimum Gasteiger partial charge on any atom is -0.497 e. The molecule has 17 nitrogen and oxygen atoms in total. The van der Waals surface area contributed by atoms with E-state index in [1.807, 2.05) is 61.5 Å². The molecule has 6 N–H and O–H groups in total. The number of non-ortho nitro benzene ring substituents is 1. The van der Waals surface area contributed by atoms with Crippen molar-refractivity contribution in [1.82, 2.24) is 4.90 Å². The molecular weight excluding hydrogens is 833 g/mol. The Bertz CT molecular complexity index is 2340. The number of hydrogen-bond acceptors (Lipinski definition) is 13. The third kappa shape index (κ3) is 8.60. The number of ether oxygens (including phenoxy) is 3. The molecule has 0 bridgehead atoms. The number of aliphatic hydroxyl groups is 5. The summed E-state index contributed by atoms with van der Waals surface area (Å²) in [4.78, 5) is 57.8. The molecule has 3 aliphatic heterocycles. The quantitative estimate of drug-likeness (QED) is 0.0607. The Morgan fingerprint density at radius 1 is 0.937 bits per heavy atom.